The standard InChI is InChI=1S/C14H28N2O2/c1-13(2,3)8-9-18-11-6-5-7-14(10-11,16-4)12(15)17/h11,16H,5-10H2,1-4H3,(H2,15,17). The number of ether oxygens (including phenoxy) is 1. The molecule has 3 N–H and O–H groups in total. The summed E-state index contributed by atoms with van der Waals surface area (Å²) in [5.74, 6) is -0.255. The molecule has 1 aliphatic carbocycles. The molecule has 2 unspecified atom stereocenters. The van der Waals surface area contributed by atoms with Gasteiger partial charge < -0.3 is 15.8 Å². The van der Waals surface area contributed by atoms with Gasteiger partial charge in [-0.15, -0.1) is 0 Å². The Morgan fingerprint density at radius 2 is 2.17 bits per heavy atom. The average Bonchev–Trinajstić information content (AvgIpc) is 2.27. The summed E-state index contributed by atoms with van der Waals surface area (Å²) in [5.41, 5.74) is 5.24. The van der Waals surface area contributed by atoms with Crippen LogP contribution in [0.2, 0.25) is 0 Å². The van der Waals surface area contributed by atoms with Crippen LogP contribution < -0.4 is 11.1 Å². The van der Waals surface area contributed by atoms with E-state index in [-0.39, 0.29) is 12.0 Å². The first-order chi connectivity index (χ1) is 8.29. The van der Waals surface area contributed by atoms with Crippen LogP contribution in [0.1, 0.15) is 52.9 Å². The van der Waals surface area contributed by atoms with E-state index in [1.807, 2.05) is 7.05 Å². The lowest BCUT2D eigenvalue weighted by Crippen LogP contribution is -2.57. The maximum atomic E-state index is 11.6. The molecular weight excluding hydrogens is 228 g/mol. The zero-order chi connectivity index (χ0) is 13.8. The van der Waals surface area contributed by atoms with E-state index in [0.29, 0.717) is 11.8 Å². The Morgan fingerprint density at radius 3 is 2.67 bits per heavy atom. The van der Waals surface area contributed by atoms with E-state index >= 15 is 0 Å². The monoisotopic (exact) mass is 256 g/mol. The van der Waals surface area contributed by atoms with Crippen molar-refractivity contribution in [3.63, 3.8) is 0 Å². The van der Waals surface area contributed by atoms with E-state index in [2.05, 4.69) is 26.1 Å². The lowest BCUT2D eigenvalue weighted by molar-refractivity contribution is -0.128. The molecule has 106 valence electrons. The van der Waals surface area contributed by atoms with Gasteiger partial charge in [0.05, 0.1) is 11.6 Å². The Kier molecular flexibility index (Phi) is 5.17. The highest BCUT2D eigenvalue weighted by molar-refractivity contribution is 5.84. The molecule has 0 aromatic heterocycles. The number of likely N-dealkylation sites (N-methyl/N-ethyl adjacent to an activating group) is 1. The molecule has 18 heavy (non-hydrogen) atoms. The molecule has 1 amide bonds. The van der Waals surface area contributed by atoms with Crippen LogP contribution in [0, 0.1) is 5.41 Å². The fourth-order valence-electron chi connectivity index (χ4n) is 2.47. The van der Waals surface area contributed by atoms with Gasteiger partial charge in [-0.05, 0) is 38.1 Å². The van der Waals surface area contributed by atoms with Crippen LogP contribution in [0.3, 0.4) is 0 Å². The lowest BCUT2D eigenvalue weighted by atomic mass is 9.79. The van der Waals surface area contributed by atoms with Crippen LogP contribution in [-0.4, -0.2) is 31.2 Å². The minimum Gasteiger partial charge on any atom is -0.378 e. The molecule has 0 aromatic carbocycles. The molecule has 1 fully saturated rings. The van der Waals surface area contributed by atoms with Gasteiger partial charge in [-0.1, -0.05) is 20.8 Å². The van der Waals surface area contributed by atoms with Gasteiger partial charge in [-0.3, -0.25) is 4.79 Å². The van der Waals surface area contributed by atoms with E-state index < -0.39 is 5.54 Å². The Balaban J connectivity index is 2.46. The number of nitrogens with two attached hydrogens (primary N) is 1. The first-order valence-corrected chi connectivity index (χ1v) is 6.89. The van der Waals surface area contributed by atoms with Crippen molar-refractivity contribution in [2.24, 2.45) is 11.1 Å². The van der Waals surface area contributed by atoms with Crippen molar-refractivity contribution in [1.29, 1.82) is 0 Å². The third-order valence-corrected chi connectivity index (χ3v) is 3.86. The highest BCUT2D eigenvalue weighted by atomic mass is 16.5. The summed E-state index contributed by atoms with van der Waals surface area (Å²) in [4.78, 5) is 11.6. The van der Waals surface area contributed by atoms with Crippen molar-refractivity contribution in [3.8, 4) is 0 Å². The summed E-state index contributed by atoms with van der Waals surface area (Å²) in [5, 5.41) is 3.10. The van der Waals surface area contributed by atoms with E-state index in [9.17, 15) is 4.79 Å². The Hall–Kier alpha value is -0.610. The van der Waals surface area contributed by atoms with Gasteiger partial charge in [-0.25, -0.2) is 0 Å². The van der Waals surface area contributed by atoms with Crippen LogP contribution in [0.15, 0.2) is 0 Å². The van der Waals surface area contributed by atoms with Crippen molar-refractivity contribution < 1.29 is 9.53 Å². The second kappa shape index (κ2) is 6.02. The normalized spacial score (nSPS) is 29.2. The smallest absolute Gasteiger partial charge is 0.237 e. The van der Waals surface area contributed by atoms with Gasteiger partial charge in [0.25, 0.3) is 0 Å². The summed E-state index contributed by atoms with van der Waals surface area (Å²) in [6.07, 6.45) is 4.72. The average molecular weight is 256 g/mol. The molecule has 1 rings (SSSR count). The van der Waals surface area contributed by atoms with Gasteiger partial charge in [0.15, 0.2) is 0 Å². The van der Waals surface area contributed by atoms with Crippen molar-refractivity contribution in [2.75, 3.05) is 13.7 Å². The van der Waals surface area contributed by atoms with E-state index in [0.717, 1.165) is 32.3 Å². The highest BCUT2D eigenvalue weighted by Gasteiger charge is 2.40. The van der Waals surface area contributed by atoms with Crippen LogP contribution in [0.25, 0.3) is 0 Å². The second-order valence-electron chi connectivity index (χ2n) is 6.60. The van der Waals surface area contributed by atoms with Crippen LogP contribution in [-0.2, 0) is 9.53 Å². The molecule has 4 nitrogen and oxygen atoms in total. The number of hydrogen-bond acceptors (Lipinski definition) is 3. The number of carbonyl (C=O) groups is 1. The number of nitrogens with one attached hydrogen (secondary N) is 1. The van der Waals surface area contributed by atoms with Crippen molar-refractivity contribution in [2.45, 2.75) is 64.5 Å². The number of primary amides is 1. The minimum absolute atomic E-state index is 0.154. The van der Waals surface area contributed by atoms with Gasteiger partial charge in [-0.2, -0.15) is 0 Å². The Morgan fingerprint density at radius 1 is 1.50 bits per heavy atom. The molecule has 0 radical (unpaired) electrons. The fourth-order valence-corrected chi connectivity index (χ4v) is 2.47. The third-order valence-electron chi connectivity index (χ3n) is 3.86. The lowest BCUT2D eigenvalue weighted by Gasteiger charge is -2.38. The van der Waals surface area contributed by atoms with Crippen molar-refractivity contribution >= 4 is 5.91 Å². The van der Waals surface area contributed by atoms with Gasteiger partial charge in [0.2, 0.25) is 5.91 Å². The van der Waals surface area contributed by atoms with E-state index in [1.165, 1.54) is 0 Å². The predicted octanol–water partition coefficient (Wildman–Crippen LogP) is 1.83. The second-order valence-corrected chi connectivity index (χ2v) is 6.60. The minimum atomic E-state index is -0.565. The number of hydrogen-bond donors (Lipinski definition) is 2. The predicted molar refractivity (Wildman–Crippen MR) is 73.3 cm³/mol. The zero-order valence-corrected chi connectivity index (χ0v) is 12.2. The maximum Gasteiger partial charge on any atom is 0.237 e. The molecule has 0 bridgehead atoms. The van der Waals surface area contributed by atoms with Gasteiger partial charge in [0, 0.05) is 13.0 Å². The van der Waals surface area contributed by atoms with Crippen LogP contribution >= 0.6 is 0 Å². The topological polar surface area (TPSA) is 64.3 Å². The van der Waals surface area contributed by atoms with E-state index in [4.69, 9.17) is 10.5 Å². The third kappa shape index (κ3) is 4.25. The molecule has 2 atom stereocenters. The molecule has 4 heteroatoms. The summed E-state index contributed by atoms with van der Waals surface area (Å²) >= 11 is 0. The fraction of sp³-hybridized carbons (Fsp3) is 0.929. The first-order valence-electron chi connectivity index (χ1n) is 6.89. The van der Waals surface area contributed by atoms with Crippen molar-refractivity contribution in [3.05, 3.63) is 0 Å². The molecule has 1 aliphatic rings. The van der Waals surface area contributed by atoms with E-state index in [1.54, 1.807) is 0 Å². The molecule has 0 heterocycles. The Bertz CT molecular complexity index is 286. The summed E-state index contributed by atoms with van der Waals surface area (Å²) in [6.45, 7) is 7.38. The highest BCUT2D eigenvalue weighted by Crippen LogP contribution is 2.30. The summed E-state index contributed by atoms with van der Waals surface area (Å²) < 4.78 is 5.92. The van der Waals surface area contributed by atoms with Crippen molar-refractivity contribution in [1.82, 2.24) is 5.32 Å². The van der Waals surface area contributed by atoms with Gasteiger partial charge >= 0.3 is 0 Å². The maximum absolute atomic E-state index is 11.6. The number of amides is 1. The summed E-state index contributed by atoms with van der Waals surface area (Å²) in [7, 11) is 1.81. The quantitative estimate of drug-likeness (QED) is 0.788. The molecule has 0 aliphatic heterocycles. The molecule has 1 saturated carbocycles. The molecular formula is C14H28N2O2. The van der Waals surface area contributed by atoms with Gasteiger partial charge in [0.1, 0.15) is 0 Å². The van der Waals surface area contributed by atoms with Crippen LogP contribution in [0.5, 0.6) is 0 Å². The SMILES string of the molecule is CNC1(C(N)=O)CCCC(OCCC(C)(C)C)C1. The zero-order valence-electron chi connectivity index (χ0n) is 12.2. The Labute approximate surface area is 111 Å². The summed E-state index contributed by atoms with van der Waals surface area (Å²) in [6, 6.07) is 0. The largest absolute Gasteiger partial charge is 0.378 e. The molecule has 0 aromatic rings. The number of rotatable bonds is 5. The van der Waals surface area contributed by atoms with Crippen LogP contribution in [0.4, 0.5) is 0 Å². The number of carbonyl (C=O) groups excluding carboxylic acids is 1. The molecule has 0 spiro atoms. The first kappa shape index (κ1) is 15.4. The molecule has 0 saturated heterocycles.